The third kappa shape index (κ3) is 4.69. The number of ether oxygens (including phenoxy) is 2. The topological polar surface area (TPSA) is 33.7 Å². The Hall–Kier alpha value is -0.160. The van der Waals surface area contributed by atoms with Gasteiger partial charge in [0.1, 0.15) is 0 Å². The van der Waals surface area contributed by atoms with Crippen LogP contribution in [0.25, 0.3) is 0 Å². The molecule has 1 saturated carbocycles. The van der Waals surface area contributed by atoms with Crippen molar-refractivity contribution in [2.45, 2.75) is 45.2 Å². The van der Waals surface area contributed by atoms with Gasteiger partial charge in [0.25, 0.3) is 0 Å². The smallest absolute Gasteiger partial charge is 0.0700 e. The fourth-order valence-electron chi connectivity index (χ4n) is 3.15. The van der Waals surface area contributed by atoms with Gasteiger partial charge in [-0.25, -0.2) is 0 Å². The number of piperazine rings is 1. The minimum Gasteiger partial charge on any atom is -0.382 e. The van der Waals surface area contributed by atoms with Crippen molar-refractivity contribution in [2.24, 2.45) is 11.8 Å². The van der Waals surface area contributed by atoms with Crippen LogP contribution in [0.4, 0.5) is 0 Å². The van der Waals surface area contributed by atoms with Crippen molar-refractivity contribution < 1.29 is 9.47 Å². The molecule has 0 bridgehead atoms. The molecular formula is C16H32N2O2. The first kappa shape index (κ1) is 16.2. The molecule has 2 fully saturated rings. The summed E-state index contributed by atoms with van der Waals surface area (Å²) in [5.41, 5.74) is 0. The lowest BCUT2D eigenvalue weighted by atomic mass is 9.94. The van der Waals surface area contributed by atoms with Gasteiger partial charge in [-0.15, -0.1) is 0 Å². The summed E-state index contributed by atoms with van der Waals surface area (Å²) in [4.78, 5) is 2.68. The highest BCUT2D eigenvalue weighted by atomic mass is 16.5. The van der Waals surface area contributed by atoms with E-state index >= 15 is 0 Å². The van der Waals surface area contributed by atoms with Crippen LogP contribution in [0, 0.1) is 11.8 Å². The maximum absolute atomic E-state index is 5.66. The van der Waals surface area contributed by atoms with Crippen molar-refractivity contribution in [3.63, 3.8) is 0 Å². The Kier molecular flexibility index (Phi) is 6.75. The normalized spacial score (nSPS) is 29.6. The third-order valence-electron chi connectivity index (χ3n) is 4.94. The lowest BCUT2D eigenvalue weighted by molar-refractivity contribution is 0.0309. The van der Waals surface area contributed by atoms with Gasteiger partial charge in [-0.2, -0.15) is 0 Å². The first-order valence-corrected chi connectivity index (χ1v) is 8.30. The molecule has 0 amide bonds. The summed E-state index contributed by atoms with van der Waals surface area (Å²) in [6.07, 6.45) is 4.09. The van der Waals surface area contributed by atoms with Crippen molar-refractivity contribution in [3.8, 4) is 0 Å². The highest BCUT2D eigenvalue weighted by Crippen LogP contribution is 2.36. The molecule has 1 N–H and O–H groups in total. The van der Waals surface area contributed by atoms with Crippen molar-refractivity contribution in [1.82, 2.24) is 10.2 Å². The molecule has 118 valence electrons. The first-order valence-electron chi connectivity index (χ1n) is 8.30. The maximum Gasteiger partial charge on any atom is 0.0700 e. The van der Waals surface area contributed by atoms with E-state index in [1.54, 1.807) is 7.11 Å². The van der Waals surface area contributed by atoms with E-state index in [2.05, 4.69) is 24.1 Å². The zero-order valence-electron chi connectivity index (χ0n) is 13.4. The Labute approximate surface area is 124 Å². The van der Waals surface area contributed by atoms with E-state index in [0.29, 0.717) is 19.3 Å². The second-order valence-corrected chi connectivity index (χ2v) is 6.41. The van der Waals surface area contributed by atoms with Gasteiger partial charge in [-0.05, 0) is 24.7 Å². The van der Waals surface area contributed by atoms with E-state index in [0.717, 1.165) is 37.6 Å². The van der Waals surface area contributed by atoms with Gasteiger partial charge in [0, 0.05) is 38.8 Å². The van der Waals surface area contributed by atoms with Gasteiger partial charge >= 0.3 is 0 Å². The van der Waals surface area contributed by atoms with E-state index in [1.807, 2.05) is 0 Å². The molecule has 2 rings (SSSR count). The first-order chi connectivity index (χ1) is 9.76. The summed E-state index contributed by atoms with van der Waals surface area (Å²) >= 11 is 0. The molecule has 0 aromatic rings. The predicted molar refractivity (Wildman–Crippen MR) is 82.0 cm³/mol. The Morgan fingerprint density at radius 3 is 2.70 bits per heavy atom. The van der Waals surface area contributed by atoms with E-state index in [9.17, 15) is 0 Å². The average molecular weight is 284 g/mol. The standard InChI is InChI=1S/C16H32N2O2/c1-4-13(2)15-12-18(7-8-20-10-9-19-3)16(11-17-15)14-5-6-14/h13-17H,4-12H2,1-3H3. The minimum atomic E-state index is 0.647. The largest absolute Gasteiger partial charge is 0.382 e. The van der Waals surface area contributed by atoms with Crippen LogP contribution < -0.4 is 5.32 Å². The summed E-state index contributed by atoms with van der Waals surface area (Å²) in [6.45, 7) is 10.3. The van der Waals surface area contributed by atoms with Crippen LogP contribution in [0.1, 0.15) is 33.1 Å². The molecule has 0 aromatic heterocycles. The van der Waals surface area contributed by atoms with Crippen LogP contribution >= 0.6 is 0 Å². The van der Waals surface area contributed by atoms with Crippen molar-refractivity contribution >= 4 is 0 Å². The lowest BCUT2D eigenvalue weighted by Gasteiger charge is -2.42. The SMILES string of the molecule is CCC(C)C1CN(CCOCCOC)C(C2CC2)CN1. The summed E-state index contributed by atoms with van der Waals surface area (Å²) in [6, 6.07) is 1.38. The third-order valence-corrected chi connectivity index (χ3v) is 4.94. The van der Waals surface area contributed by atoms with Crippen LogP contribution in [0.2, 0.25) is 0 Å². The second kappa shape index (κ2) is 8.32. The van der Waals surface area contributed by atoms with E-state index in [-0.39, 0.29) is 0 Å². The minimum absolute atomic E-state index is 0.647. The van der Waals surface area contributed by atoms with Crippen LogP contribution in [0.15, 0.2) is 0 Å². The molecule has 4 heteroatoms. The summed E-state index contributed by atoms with van der Waals surface area (Å²) in [7, 11) is 1.72. The van der Waals surface area contributed by atoms with Gasteiger partial charge in [0.15, 0.2) is 0 Å². The fraction of sp³-hybridized carbons (Fsp3) is 1.00. The second-order valence-electron chi connectivity index (χ2n) is 6.41. The van der Waals surface area contributed by atoms with Gasteiger partial charge in [-0.3, -0.25) is 4.90 Å². The molecular weight excluding hydrogens is 252 g/mol. The Morgan fingerprint density at radius 1 is 1.25 bits per heavy atom. The van der Waals surface area contributed by atoms with Crippen molar-refractivity contribution in [3.05, 3.63) is 0 Å². The number of hydrogen-bond acceptors (Lipinski definition) is 4. The fourth-order valence-corrected chi connectivity index (χ4v) is 3.15. The van der Waals surface area contributed by atoms with Crippen LogP contribution in [0.5, 0.6) is 0 Å². The molecule has 0 aromatic carbocycles. The molecule has 3 unspecified atom stereocenters. The molecule has 4 nitrogen and oxygen atoms in total. The van der Waals surface area contributed by atoms with Crippen LogP contribution in [-0.4, -0.2) is 63.5 Å². The highest BCUT2D eigenvalue weighted by molar-refractivity contribution is 4.95. The summed E-state index contributed by atoms with van der Waals surface area (Å²) in [5.74, 6) is 1.69. The highest BCUT2D eigenvalue weighted by Gasteiger charge is 2.39. The summed E-state index contributed by atoms with van der Waals surface area (Å²) in [5, 5.41) is 3.78. The Bertz CT molecular complexity index is 271. The average Bonchev–Trinajstić information content (AvgIpc) is 3.30. The molecule has 20 heavy (non-hydrogen) atoms. The molecule has 0 radical (unpaired) electrons. The predicted octanol–water partition coefficient (Wildman–Crippen LogP) is 1.75. The maximum atomic E-state index is 5.66. The zero-order valence-corrected chi connectivity index (χ0v) is 13.4. The van der Waals surface area contributed by atoms with Gasteiger partial charge in [0.05, 0.1) is 19.8 Å². The molecule has 3 atom stereocenters. The van der Waals surface area contributed by atoms with E-state index in [4.69, 9.17) is 9.47 Å². The number of nitrogens with zero attached hydrogens (tertiary/aromatic N) is 1. The Balaban J connectivity index is 1.77. The van der Waals surface area contributed by atoms with Crippen molar-refractivity contribution in [1.29, 1.82) is 0 Å². The zero-order chi connectivity index (χ0) is 14.4. The van der Waals surface area contributed by atoms with E-state index < -0.39 is 0 Å². The number of methoxy groups -OCH3 is 1. The van der Waals surface area contributed by atoms with Gasteiger partial charge in [-0.1, -0.05) is 20.3 Å². The van der Waals surface area contributed by atoms with E-state index in [1.165, 1.54) is 25.8 Å². The molecule has 1 aliphatic carbocycles. The molecule has 2 aliphatic rings. The lowest BCUT2D eigenvalue weighted by Crippen LogP contribution is -2.59. The molecule has 1 saturated heterocycles. The Morgan fingerprint density at radius 2 is 2.05 bits per heavy atom. The molecule has 0 spiro atoms. The van der Waals surface area contributed by atoms with Crippen LogP contribution in [0.3, 0.4) is 0 Å². The summed E-state index contributed by atoms with van der Waals surface area (Å²) < 4.78 is 10.7. The molecule has 1 heterocycles. The van der Waals surface area contributed by atoms with Crippen LogP contribution in [-0.2, 0) is 9.47 Å². The van der Waals surface area contributed by atoms with Crippen molar-refractivity contribution in [2.75, 3.05) is 46.6 Å². The molecule has 1 aliphatic heterocycles. The quantitative estimate of drug-likeness (QED) is 0.654. The monoisotopic (exact) mass is 284 g/mol. The van der Waals surface area contributed by atoms with Gasteiger partial charge < -0.3 is 14.8 Å². The number of hydrogen-bond donors (Lipinski definition) is 1. The number of rotatable bonds is 9. The van der Waals surface area contributed by atoms with Gasteiger partial charge in [0.2, 0.25) is 0 Å². The number of nitrogens with one attached hydrogen (secondary N) is 1.